The first-order valence-electron chi connectivity index (χ1n) is 5.91. The van der Waals surface area contributed by atoms with Crippen LogP contribution in [-0.2, 0) is 6.42 Å². The molecule has 0 aliphatic carbocycles. The molecule has 0 fully saturated rings. The maximum atomic E-state index is 9.62. The van der Waals surface area contributed by atoms with E-state index in [1.54, 1.807) is 25.1 Å². The van der Waals surface area contributed by atoms with Crippen molar-refractivity contribution in [1.82, 2.24) is 9.97 Å². The van der Waals surface area contributed by atoms with E-state index in [2.05, 4.69) is 9.97 Å². The van der Waals surface area contributed by atoms with Gasteiger partial charge in [-0.2, -0.15) is 4.98 Å². The number of phenolic OH excluding ortho intramolecular Hbond substituents is 1. The Balaban J connectivity index is 2.34. The van der Waals surface area contributed by atoms with Crippen molar-refractivity contribution in [2.45, 2.75) is 27.2 Å². The van der Waals surface area contributed by atoms with Crippen molar-refractivity contribution >= 4 is 0 Å². The second-order valence-corrected chi connectivity index (χ2v) is 4.10. The number of aromatic hydroxyl groups is 1. The first-order valence-corrected chi connectivity index (χ1v) is 5.91. The van der Waals surface area contributed by atoms with Gasteiger partial charge in [0.1, 0.15) is 17.3 Å². The van der Waals surface area contributed by atoms with E-state index in [-0.39, 0.29) is 5.75 Å². The van der Waals surface area contributed by atoms with Crippen molar-refractivity contribution in [2.75, 3.05) is 0 Å². The third-order valence-electron chi connectivity index (χ3n) is 2.70. The van der Waals surface area contributed by atoms with Crippen LogP contribution in [0.3, 0.4) is 0 Å². The number of hydrogen-bond acceptors (Lipinski definition) is 4. The fourth-order valence-electron chi connectivity index (χ4n) is 1.66. The van der Waals surface area contributed by atoms with Crippen LogP contribution in [0.1, 0.15) is 24.0 Å². The van der Waals surface area contributed by atoms with Gasteiger partial charge in [0.15, 0.2) is 0 Å². The van der Waals surface area contributed by atoms with Gasteiger partial charge in [-0.1, -0.05) is 13.0 Å². The second-order valence-electron chi connectivity index (χ2n) is 4.10. The fourth-order valence-corrected chi connectivity index (χ4v) is 1.66. The van der Waals surface area contributed by atoms with Crippen molar-refractivity contribution in [3.05, 3.63) is 41.3 Å². The highest BCUT2D eigenvalue weighted by molar-refractivity contribution is 5.44. The zero-order valence-electron chi connectivity index (χ0n) is 10.8. The molecule has 1 N–H and O–H groups in total. The lowest BCUT2D eigenvalue weighted by atomic mass is 10.2. The van der Waals surface area contributed by atoms with Gasteiger partial charge >= 0.3 is 0 Å². The molecular formula is C14H16N2O2. The van der Waals surface area contributed by atoms with Crippen LogP contribution in [0.4, 0.5) is 0 Å². The summed E-state index contributed by atoms with van der Waals surface area (Å²) < 4.78 is 5.70. The Hall–Kier alpha value is -2.10. The Morgan fingerprint density at radius 1 is 1.22 bits per heavy atom. The summed E-state index contributed by atoms with van der Waals surface area (Å²) in [5.74, 6) is 2.01. The quantitative estimate of drug-likeness (QED) is 0.901. The maximum absolute atomic E-state index is 9.62. The third kappa shape index (κ3) is 2.59. The van der Waals surface area contributed by atoms with Gasteiger partial charge in [-0.05, 0) is 32.4 Å². The molecule has 94 valence electrons. The minimum absolute atomic E-state index is 0.217. The molecule has 0 saturated carbocycles. The average Bonchev–Trinajstić information content (AvgIpc) is 2.34. The van der Waals surface area contributed by atoms with E-state index in [0.29, 0.717) is 23.0 Å². The molecule has 0 saturated heterocycles. The number of hydrogen-bond donors (Lipinski definition) is 1. The third-order valence-corrected chi connectivity index (χ3v) is 2.70. The summed E-state index contributed by atoms with van der Waals surface area (Å²) in [4.78, 5) is 8.53. The molecule has 1 heterocycles. The van der Waals surface area contributed by atoms with Crippen LogP contribution < -0.4 is 4.74 Å². The summed E-state index contributed by atoms with van der Waals surface area (Å²) in [6.45, 7) is 5.67. The highest BCUT2D eigenvalue weighted by Crippen LogP contribution is 2.29. The molecule has 0 spiro atoms. The summed E-state index contributed by atoms with van der Waals surface area (Å²) in [5.41, 5.74) is 1.64. The summed E-state index contributed by atoms with van der Waals surface area (Å²) in [6, 6.07) is 6.99. The van der Waals surface area contributed by atoms with Crippen molar-refractivity contribution in [3.8, 4) is 17.4 Å². The van der Waals surface area contributed by atoms with E-state index in [9.17, 15) is 5.11 Å². The number of aromatic nitrogens is 2. The first-order chi connectivity index (χ1) is 8.60. The van der Waals surface area contributed by atoms with Gasteiger partial charge in [-0.3, -0.25) is 0 Å². The maximum Gasteiger partial charge on any atom is 0.222 e. The van der Waals surface area contributed by atoms with Crippen LogP contribution >= 0.6 is 0 Å². The van der Waals surface area contributed by atoms with Gasteiger partial charge in [0, 0.05) is 17.3 Å². The number of aryl methyl sites for hydroxylation is 2. The monoisotopic (exact) mass is 244 g/mol. The number of nitrogens with zero attached hydrogens (tertiary/aromatic N) is 2. The lowest BCUT2D eigenvalue weighted by Gasteiger charge is -2.10. The Morgan fingerprint density at radius 3 is 2.72 bits per heavy atom. The standard InChI is InChI=1S/C14H16N2O2/c1-4-11-8-14(16-10(3)15-11)18-13-7-5-6-12(17)9(13)2/h5-8,17H,4H2,1-3H3. The predicted molar refractivity (Wildman–Crippen MR) is 69.1 cm³/mol. The lowest BCUT2D eigenvalue weighted by Crippen LogP contribution is -1.98. The van der Waals surface area contributed by atoms with Crippen molar-refractivity contribution in [1.29, 1.82) is 0 Å². The minimum Gasteiger partial charge on any atom is -0.508 e. The Labute approximate surface area is 106 Å². The zero-order valence-corrected chi connectivity index (χ0v) is 10.8. The SMILES string of the molecule is CCc1cc(Oc2cccc(O)c2C)nc(C)n1. The van der Waals surface area contributed by atoms with Gasteiger partial charge in [0.25, 0.3) is 0 Å². The van der Waals surface area contributed by atoms with Crippen LogP contribution in [0.15, 0.2) is 24.3 Å². The van der Waals surface area contributed by atoms with Crippen molar-refractivity contribution < 1.29 is 9.84 Å². The Kier molecular flexibility index (Phi) is 3.46. The molecule has 0 aliphatic heterocycles. The van der Waals surface area contributed by atoms with Crippen molar-refractivity contribution in [2.24, 2.45) is 0 Å². The molecule has 0 amide bonds. The molecule has 1 aromatic carbocycles. The van der Waals surface area contributed by atoms with Crippen LogP contribution in [0.5, 0.6) is 17.4 Å². The molecule has 4 heteroatoms. The molecule has 0 bridgehead atoms. The Morgan fingerprint density at radius 2 is 2.00 bits per heavy atom. The number of benzene rings is 1. The zero-order chi connectivity index (χ0) is 13.1. The normalized spacial score (nSPS) is 10.4. The van der Waals surface area contributed by atoms with Gasteiger partial charge in [0.2, 0.25) is 5.88 Å². The number of phenols is 1. The van der Waals surface area contributed by atoms with Gasteiger partial charge in [-0.25, -0.2) is 4.98 Å². The van der Waals surface area contributed by atoms with Crippen LogP contribution in [-0.4, -0.2) is 15.1 Å². The smallest absolute Gasteiger partial charge is 0.222 e. The molecule has 1 aromatic heterocycles. The molecule has 0 atom stereocenters. The van der Waals surface area contributed by atoms with E-state index in [0.717, 1.165) is 12.1 Å². The van der Waals surface area contributed by atoms with E-state index < -0.39 is 0 Å². The molecule has 18 heavy (non-hydrogen) atoms. The second kappa shape index (κ2) is 5.04. The summed E-state index contributed by atoms with van der Waals surface area (Å²) in [6.07, 6.45) is 0.832. The minimum atomic E-state index is 0.217. The molecular weight excluding hydrogens is 228 g/mol. The molecule has 0 unspecified atom stereocenters. The largest absolute Gasteiger partial charge is 0.508 e. The summed E-state index contributed by atoms with van der Waals surface area (Å²) in [7, 11) is 0. The Bertz CT molecular complexity index is 568. The summed E-state index contributed by atoms with van der Waals surface area (Å²) >= 11 is 0. The fraction of sp³-hybridized carbons (Fsp3) is 0.286. The predicted octanol–water partition coefficient (Wildman–Crippen LogP) is 3.15. The van der Waals surface area contributed by atoms with Gasteiger partial charge < -0.3 is 9.84 Å². The summed E-state index contributed by atoms with van der Waals surface area (Å²) in [5, 5.41) is 9.62. The van der Waals surface area contributed by atoms with E-state index in [4.69, 9.17) is 4.74 Å². The molecule has 4 nitrogen and oxygen atoms in total. The average molecular weight is 244 g/mol. The number of ether oxygens (including phenoxy) is 1. The van der Waals surface area contributed by atoms with Crippen molar-refractivity contribution in [3.63, 3.8) is 0 Å². The first kappa shape index (κ1) is 12.4. The molecule has 2 rings (SSSR count). The highest BCUT2D eigenvalue weighted by atomic mass is 16.5. The molecule has 0 radical (unpaired) electrons. The lowest BCUT2D eigenvalue weighted by molar-refractivity contribution is 0.436. The van der Waals surface area contributed by atoms with Crippen LogP contribution in [0.2, 0.25) is 0 Å². The van der Waals surface area contributed by atoms with Crippen LogP contribution in [0.25, 0.3) is 0 Å². The van der Waals surface area contributed by atoms with Gasteiger partial charge in [-0.15, -0.1) is 0 Å². The van der Waals surface area contributed by atoms with E-state index in [1.165, 1.54) is 0 Å². The van der Waals surface area contributed by atoms with E-state index in [1.807, 2.05) is 19.9 Å². The van der Waals surface area contributed by atoms with E-state index >= 15 is 0 Å². The topological polar surface area (TPSA) is 55.2 Å². The number of rotatable bonds is 3. The molecule has 0 aliphatic rings. The highest BCUT2D eigenvalue weighted by Gasteiger charge is 2.07. The molecule has 2 aromatic rings. The van der Waals surface area contributed by atoms with Crippen LogP contribution in [0, 0.1) is 13.8 Å². The van der Waals surface area contributed by atoms with Gasteiger partial charge in [0.05, 0.1) is 0 Å².